The van der Waals surface area contributed by atoms with Crippen molar-refractivity contribution in [3.8, 4) is 5.75 Å². The number of nitrogens with zero attached hydrogens (tertiary/aromatic N) is 1. The van der Waals surface area contributed by atoms with Gasteiger partial charge in [-0.3, -0.25) is 4.57 Å². The molecule has 0 amide bonds. The lowest BCUT2D eigenvalue weighted by molar-refractivity contribution is 0.477. The van der Waals surface area contributed by atoms with E-state index in [1.54, 1.807) is 22.8 Å². The van der Waals surface area contributed by atoms with Crippen LogP contribution in [0.15, 0.2) is 23.0 Å². The minimum Gasteiger partial charge on any atom is -0.506 e. The lowest BCUT2D eigenvalue weighted by Gasteiger charge is -2.00. The Bertz CT molecular complexity index is 549. The number of nitrogens with one attached hydrogen (secondary N) is 1. The predicted molar refractivity (Wildman–Crippen MR) is 52.5 cm³/mol. The van der Waals surface area contributed by atoms with Gasteiger partial charge in [0.2, 0.25) is 0 Å². The maximum atomic E-state index is 11.6. The molecule has 4 heteroatoms. The zero-order valence-corrected chi connectivity index (χ0v) is 7.53. The Hall–Kier alpha value is -1.71. The number of H-pyrrole nitrogens is 1. The van der Waals surface area contributed by atoms with Crippen LogP contribution in [0.1, 0.15) is 18.9 Å². The summed E-state index contributed by atoms with van der Waals surface area (Å²) in [5, 5.41) is 9.66. The van der Waals surface area contributed by atoms with E-state index in [0.29, 0.717) is 11.0 Å². The van der Waals surface area contributed by atoms with Gasteiger partial charge in [-0.25, -0.2) is 4.79 Å². The van der Waals surface area contributed by atoms with E-state index in [-0.39, 0.29) is 17.5 Å². The fourth-order valence-corrected chi connectivity index (χ4v) is 1.84. The molecule has 0 bridgehead atoms. The number of aromatic hydroxyl groups is 1. The number of rotatable bonds is 1. The molecule has 1 heterocycles. The summed E-state index contributed by atoms with van der Waals surface area (Å²) in [6, 6.07) is 5.42. The number of aromatic nitrogens is 2. The van der Waals surface area contributed by atoms with Crippen molar-refractivity contribution in [2.75, 3.05) is 0 Å². The first kappa shape index (κ1) is 7.67. The maximum Gasteiger partial charge on any atom is 0.326 e. The van der Waals surface area contributed by atoms with Crippen LogP contribution in [0.4, 0.5) is 0 Å². The molecule has 0 unspecified atom stereocenters. The summed E-state index contributed by atoms with van der Waals surface area (Å²) in [5.41, 5.74) is 1.23. The molecule has 1 saturated carbocycles. The first-order valence-corrected chi connectivity index (χ1v) is 4.69. The molecule has 0 atom stereocenters. The molecular formula is C10H10N2O2. The highest BCUT2D eigenvalue weighted by molar-refractivity contribution is 5.81. The Morgan fingerprint density at radius 2 is 2.21 bits per heavy atom. The van der Waals surface area contributed by atoms with Crippen LogP contribution in [0.5, 0.6) is 5.75 Å². The minimum absolute atomic E-state index is 0.121. The molecule has 72 valence electrons. The Balaban J connectivity index is 2.45. The third-order valence-corrected chi connectivity index (χ3v) is 2.63. The summed E-state index contributed by atoms with van der Waals surface area (Å²) in [6.45, 7) is 0. The Morgan fingerprint density at radius 1 is 1.43 bits per heavy atom. The first-order valence-electron chi connectivity index (χ1n) is 4.69. The molecule has 4 nitrogen and oxygen atoms in total. The highest BCUT2D eigenvalue weighted by atomic mass is 16.3. The van der Waals surface area contributed by atoms with Crippen molar-refractivity contribution in [3.05, 3.63) is 28.7 Å². The fraction of sp³-hybridized carbons (Fsp3) is 0.300. The van der Waals surface area contributed by atoms with Crippen molar-refractivity contribution in [2.24, 2.45) is 0 Å². The van der Waals surface area contributed by atoms with E-state index in [1.165, 1.54) is 0 Å². The third kappa shape index (κ3) is 0.907. The van der Waals surface area contributed by atoms with Crippen LogP contribution >= 0.6 is 0 Å². The topological polar surface area (TPSA) is 58.0 Å². The minimum atomic E-state index is -0.121. The second kappa shape index (κ2) is 2.41. The van der Waals surface area contributed by atoms with Crippen molar-refractivity contribution in [1.29, 1.82) is 0 Å². The van der Waals surface area contributed by atoms with Gasteiger partial charge in [0.05, 0.1) is 5.52 Å². The molecule has 1 aromatic carbocycles. The van der Waals surface area contributed by atoms with Gasteiger partial charge in [-0.15, -0.1) is 0 Å². The van der Waals surface area contributed by atoms with Crippen LogP contribution in [-0.4, -0.2) is 14.7 Å². The summed E-state index contributed by atoms with van der Waals surface area (Å²) in [4.78, 5) is 14.3. The average Bonchev–Trinajstić information content (AvgIpc) is 2.90. The summed E-state index contributed by atoms with van der Waals surface area (Å²) in [5.74, 6) is 0.174. The quantitative estimate of drug-likeness (QED) is 0.713. The Morgan fingerprint density at radius 3 is 2.93 bits per heavy atom. The molecule has 2 N–H and O–H groups in total. The van der Waals surface area contributed by atoms with E-state index in [1.807, 2.05) is 0 Å². The molecule has 1 aliphatic carbocycles. The van der Waals surface area contributed by atoms with Gasteiger partial charge >= 0.3 is 5.69 Å². The van der Waals surface area contributed by atoms with Gasteiger partial charge < -0.3 is 10.1 Å². The summed E-state index contributed by atoms with van der Waals surface area (Å²) >= 11 is 0. The smallest absolute Gasteiger partial charge is 0.326 e. The highest BCUT2D eigenvalue weighted by Gasteiger charge is 2.28. The number of phenols is 1. The van der Waals surface area contributed by atoms with Crippen molar-refractivity contribution in [1.82, 2.24) is 9.55 Å². The predicted octanol–water partition coefficient (Wildman–Crippen LogP) is 1.37. The van der Waals surface area contributed by atoms with E-state index in [4.69, 9.17) is 0 Å². The van der Waals surface area contributed by atoms with Crippen LogP contribution in [0.3, 0.4) is 0 Å². The molecule has 0 saturated heterocycles. The van der Waals surface area contributed by atoms with Gasteiger partial charge in [0.1, 0.15) is 11.3 Å². The molecule has 3 rings (SSSR count). The van der Waals surface area contributed by atoms with E-state index >= 15 is 0 Å². The fourth-order valence-electron chi connectivity index (χ4n) is 1.84. The molecule has 14 heavy (non-hydrogen) atoms. The SMILES string of the molecule is O=c1[nH]c2cccc(O)c2n1C1CC1. The Kier molecular flexibility index (Phi) is 1.32. The summed E-state index contributed by atoms with van der Waals surface area (Å²) < 4.78 is 1.66. The lowest BCUT2D eigenvalue weighted by Crippen LogP contribution is -2.14. The number of hydrogen-bond donors (Lipinski definition) is 2. The molecule has 1 aliphatic rings. The molecule has 0 spiro atoms. The van der Waals surface area contributed by atoms with E-state index < -0.39 is 0 Å². The van der Waals surface area contributed by atoms with Gasteiger partial charge in [-0.05, 0) is 25.0 Å². The number of para-hydroxylation sites is 1. The number of imidazole rings is 1. The number of aromatic amines is 1. The van der Waals surface area contributed by atoms with Crippen LogP contribution in [0.2, 0.25) is 0 Å². The summed E-state index contributed by atoms with van der Waals surface area (Å²) in [6.07, 6.45) is 2.06. The Labute approximate surface area is 79.8 Å². The second-order valence-corrected chi connectivity index (χ2v) is 3.70. The molecular weight excluding hydrogens is 180 g/mol. The van der Waals surface area contributed by atoms with Gasteiger partial charge in [-0.2, -0.15) is 0 Å². The maximum absolute atomic E-state index is 11.6. The molecule has 0 radical (unpaired) electrons. The monoisotopic (exact) mass is 190 g/mol. The zero-order chi connectivity index (χ0) is 9.71. The van der Waals surface area contributed by atoms with Crippen LogP contribution in [0.25, 0.3) is 11.0 Å². The third-order valence-electron chi connectivity index (χ3n) is 2.63. The van der Waals surface area contributed by atoms with E-state index in [0.717, 1.165) is 12.8 Å². The second-order valence-electron chi connectivity index (χ2n) is 3.70. The van der Waals surface area contributed by atoms with Crippen molar-refractivity contribution >= 4 is 11.0 Å². The number of hydrogen-bond acceptors (Lipinski definition) is 2. The van der Waals surface area contributed by atoms with Crippen LogP contribution in [0, 0.1) is 0 Å². The largest absolute Gasteiger partial charge is 0.506 e. The number of fused-ring (bicyclic) bond motifs is 1. The molecule has 2 aromatic rings. The first-order chi connectivity index (χ1) is 6.77. The molecule has 1 aromatic heterocycles. The molecule has 0 aliphatic heterocycles. The zero-order valence-electron chi connectivity index (χ0n) is 7.53. The number of benzene rings is 1. The standard InChI is InChI=1S/C10H10N2O2/c13-8-3-1-2-7-9(8)12(6-4-5-6)10(14)11-7/h1-3,6,13H,4-5H2,(H,11,14). The van der Waals surface area contributed by atoms with E-state index in [9.17, 15) is 9.90 Å². The lowest BCUT2D eigenvalue weighted by atomic mass is 10.3. The van der Waals surface area contributed by atoms with Gasteiger partial charge in [-0.1, -0.05) is 6.07 Å². The summed E-state index contributed by atoms with van der Waals surface area (Å²) in [7, 11) is 0. The number of phenolic OH excluding ortho intramolecular Hbond substituents is 1. The van der Waals surface area contributed by atoms with Crippen molar-refractivity contribution in [3.63, 3.8) is 0 Å². The van der Waals surface area contributed by atoms with Crippen LogP contribution in [-0.2, 0) is 0 Å². The van der Waals surface area contributed by atoms with Gasteiger partial charge in [0.25, 0.3) is 0 Å². The highest BCUT2D eigenvalue weighted by Crippen LogP contribution is 2.37. The van der Waals surface area contributed by atoms with Crippen molar-refractivity contribution in [2.45, 2.75) is 18.9 Å². The van der Waals surface area contributed by atoms with Gasteiger partial charge in [0, 0.05) is 6.04 Å². The molecule has 1 fully saturated rings. The normalized spacial score (nSPS) is 16.3. The van der Waals surface area contributed by atoms with Crippen molar-refractivity contribution < 1.29 is 5.11 Å². The van der Waals surface area contributed by atoms with Crippen LogP contribution < -0.4 is 5.69 Å². The average molecular weight is 190 g/mol. The van der Waals surface area contributed by atoms with E-state index in [2.05, 4.69) is 4.98 Å². The van der Waals surface area contributed by atoms with Gasteiger partial charge in [0.15, 0.2) is 0 Å².